The Hall–Kier alpha value is -5.02. The molecule has 4 aromatic carbocycles. The minimum absolute atomic E-state index is 0.125. The molecule has 0 saturated heterocycles. The van der Waals surface area contributed by atoms with Crippen LogP contribution in [-0.2, 0) is 10.8 Å². The molecule has 0 bridgehead atoms. The Balaban J connectivity index is 2.07. The number of rotatable bonds is 13. The minimum atomic E-state index is -1.58. The van der Waals surface area contributed by atoms with Crippen LogP contribution in [0.5, 0.6) is 23.0 Å². The van der Waals surface area contributed by atoms with Gasteiger partial charge in [-0.25, -0.2) is 0 Å². The van der Waals surface area contributed by atoms with E-state index in [0.717, 1.165) is 0 Å². The van der Waals surface area contributed by atoms with Gasteiger partial charge in [0, 0.05) is 0 Å². The zero-order chi connectivity index (χ0) is 30.0. The van der Waals surface area contributed by atoms with Crippen molar-refractivity contribution in [2.75, 3.05) is 40.6 Å². The Morgan fingerprint density at radius 3 is 0.976 bits per heavy atom. The maximum absolute atomic E-state index is 11.3. The summed E-state index contributed by atoms with van der Waals surface area (Å²) in [5.41, 5.74) is -0.883. The first-order valence-electron chi connectivity index (χ1n) is 13.3. The summed E-state index contributed by atoms with van der Waals surface area (Å²) in [7, 11) is 3.13. The number of aliphatic hydroxyl groups excluding tert-OH is 2. The van der Waals surface area contributed by atoms with E-state index in [9.17, 15) is 20.7 Å². The fourth-order valence-corrected chi connectivity index (χ4v) is 5.24. The monoisotopic (exact) mass is 564 g/mol. The highest BCUT2D eigenvalue weighted by Crippen LogP contribution is 2.53. The molecule has 0 amide bonds. The highest BCUT2D eigenvalue weighted by atomic mass is 16.5. The summed E-state index contributed by atoms with van der Waals surface area (Å²) in [4.78, 5) is 0. The second kappa shape index (κ2) is 13.6. The van der Waals surface area contributed by atoms with Crippen molar-refractivity contribution in [2.45, 2.75) is 10.8 Å². The van der Waals surface area contributed by atoms with Gasteiger partial charge in [0.1, 0.15) is 47.0 Å². The first-order valence-corrected chi connectivity index (χ1v) is 13.3. The second-order valence-corrected chi connectivity index (χ2v) is 9.37. The summed E-state index contributed by atoms with van der Waals surface area (Å²) >= 11 is 0. The van der Waals surface area contributed by atoms with E-state index in [1.807, 2.05) is 0 Å². The summed E-state index contributed by atoms with van der Waals surface area (Å²) in [6.07, 6.45) is 0. The van der Waals surface area contributed by atoms with Gasteiger partial charge in [-0.2, -0.15) is 10.5 Å². The first-order chi connectivity index (χ1) is 20.5. The van der Waals surface area contributed by atoms with Crippen LogP contribution in [-0.4, -0.2) is 50.9 Å². The molecule has 8 heteroatoms. The van der Waals surface area contributed by atoms with E-state index >= 15 is 0 Å². The summed E-state index contributed by atoms with van der Waals surface area (Å²) in [5.74, 6) is 2.25. The number of hydrogen-bond donors (Lipinski definition) is 2. The largest absolute Gasteiger partial charge is 0.497 e. The van der Waals surface area contributed by atoms with Crippen LogP contribution in [0.4, 0.5) is 0 Å². The second-order valence-electron chi connectivity index (χ2n) is 9.37. The molecule has 4 rings (SSSR count). The lowest BCUT2D eigenvalue weighted by Gasteiger charge is -2.43. The van der Waals surface area contributed by atoms with Gasteiger partial charge in [0.25, 0.3) is 0 Å². The molecule has 0 radical (unpaired) electrons. The number of benzene rings is 4. The van der Waals surface area contributed by atoms with Gasteiger partial charge in [-0.15, -0.1) is 0 Å². The Bertz CT molecular complexity index is 1410. The molecule has 0 heterocycles. The van der Waals surface area contributed by atoms with E-state index < -0.39 is 10.8 Å². The van der Waals surface area contributed by atoms with Gasteiger partial charge in [-0.1, -0.05) is 48.5 Å². The summed E-state index contributed by atoms with van der Waals surface area (Å²) in [6, 6.07) is 33.4. The highest BCUT2D eigenvalue weighted by molar-refractivity contribution is 5.65. The third-order valence-corrected chi connectivity index (χ3v) is 7.24. The highest BCUT2D eigenvalue weighted by Gasteiger charge is 2.57. The van der Waals surface area contributed by atoms with E-state index in [1.54, 1.807) is 111 Å². The molecule has 2 atom stereocenters. The van der Waals surface area contributed by atoms with Crippen molar-refractivity contribution < 1.29 is 29.2 Å². The van der Waals surface area contributed by atoms with E-state index in [-0.39, 0.29) is 26.4 Å². The van der Waals surface area contributed by atoms with Crippen molar-refractivity contribution in [3.05, 3.63) is 119 Å². The smallest absolute Gasteiger partial charge is 0.134 e. The van der Waals surface area contributed by atoms with Gasteiger partial charge in [0.05, 0.1) is 39.6 Å². The maximum Gasteiger partial charge on any atom is 0.134 e. The predicted octanol–water partition coefficient (Wildman–Crippen LogP) is 4.77. The zero-order valence-corrected chi connectivity index (χ0v) is 23.5. The third kappa shape index (κ3) is 5.46. The normalized spacial score (nSPS) is 13.5. The molecule has 0 aliphatic carbocycles. The van der Waals surface area contributed by atoms with Crippen LogP contribution < -0.4 is 18.9 Å². The molecular formula is C34H32N2O6. The van der Waals surface area contributed by atoms with Crippen LogP contribution in [0.1, 0.15) is 22.3 Å². The summed E-state index contributed by atoms with van der Waals surface area (Å²) in [5, 5.41) is 41.0. The van der Waals surface area contributed by atoms with E-state index in [2.05, 4.69) is 12.1 Å². The molecule has 2 N–H and O–H groups in total. The average Bonchev–Trinajstić information content (AvgIpc) is 3.06. The lowest BCUT2D eigenvalue weighted by Crippen LogP contribution is -2.49. The lowest BCUT2D eigenvalue weighted by atomic mass is 9.53. The molecule has 0 fully saturated rings. The molecule has 42 heavy (non-hydrogen) atoms. The van der Waals surface area contributed by atoms with Crippen LogP contribution in [0.25, 0.3) is 0 Å². The predicted molar refractivity (Wildman–Crippen MR) is 157 cm³/mol. The Labute approximate surface area is 245 Å². The zero-order valence-electron chi connectivity index (χ0n) is 23.5. The minimum Gasteiger partial charge on any atom is -0.497 e. The van der Waals surface area contributed by atoms with Gasteiger partial charge in [0.15, 0.2) is 0 Å². The number of aliphatic hydroxyl groups is 2. The van der Waals surface area contributed by atoms with Gasteiger partial charge in [-0.05, 0) is 70.8 Å². The molecule has 214 valence electrons. The molecular weight excluding hydrogens is 532 g/mol. The van der Waals surface area contributed by atoms with Crippen LogP contribution in [0.15, 0.2) is 97.1 Å². The number of ether oxygens (including phenoxy) is 4. The van der Waals surface area contributed by atoms with Crippen LogP contribution in [0.2, 0.25) is 0 Å². The SMILES string of the molecule is COc1ccc(C(C#N)(c2ccc(OCCO)cc2)C(C#N)(c2ccc(OC)cc2)c2ccc(OCCO)cc2)cc1. The fourth-order valence-electron chi connectivity index (χ4n) is 5.24. The Morgan fingerprint density at radius 1 is 0.500 bits per heavy atom. The Kier molecular flexibility index (Phi) is 9.67. The van der Waals surface area contributed by atoms with Crippen molar-refractivity contribution in [3.8, 4) is 35.1 Å². The summed E-state index contributed by atoms with van der Waals surface area (Å²) < 4.78 is 22.0. The summed E-state index contributed by atoms with van der Waals surface area (Å²) in [6.45, 7) is -0.0225. The molecule has 0 aliphatic rings. The first kappa shape index (κ1) is 30.0. The molecule has 0 aliphatic heterocycles. The van der Waals surface area contributed by atoms with Gasteiger partial charge in [-0.3, -0.25) is 0 Å². The topological polar surface area (TPSA) is 125 Å². The lowest BCUT2D eigenvalue weighted by molar-refractivity contribution is 0.201. The van der Waals surface area contributed by atoms with Crippen molar-refractivity contribution in [1.29, 1.82) is 10.5 Å². The van der Waals surface area contributed by atoms with Gasteiger partial charge in [0.2, 0.25) is 0 Å². The molecule has 0 spiro atoms. The fraction of sp³-hybridized carbons (Fsp3) is 0.235. The van der Waals surface area contributed by atoms with Crippen molar-refractivity contribution in [1.82, 2.24) is 0 Å². The molecule has 2 unspecified atom stereocenters. The van der Waals surface area contributed by atoms with Gasteiger partial charge < -0.3 is 29.2 Å². The van der Waals surface area contributed by atoms with Gasteiger partial charge >= 0.3 is 0 Å². The number of methoxy groups -OCH3 is 2. The number of nitriles is 2. The van der Waals surface area contributed by atoms with Crippen molar-refractivity contribution in [3.63, 3.8) is 0 Å². The van der Waals surface area contributed by atoms with E-state index in [1.165, 1.54) is 0 Å². The molecule has 0 aromatic heterocycles. The molecule has 0 saturated carbocycles. The third-order valence-electron chi connectivity index (χ3n) is 7.24. The average molecular weight is 565 g/mol. The maximum atomic E-state index is 11.3. The van der Waals surface area contributed by atoms with Crippen LogP contribution in [0, 0.1) is 22.7 Å². The van der Waals surface area contributed by atoms with Crippen molar-refractivity contribution >= 4 is 0 Å². The quantitative estimate of drug-likeness (QED) is 0.238. The molecule has 4 aromatic rings. The van der Waals surface area contributed by atoms with Crippen molar-refractivity contribution in [2.24, 2.45) is 0 Å². The van der Waals surface area contributed by atoms with Crippen LogP contribution in [0.3, 0.4) is 0 Å². The number of nitrogens with zero attached hydrogens (tertiary/aromatic N) is 2. The number of hydrogen-bond acceptors (Lipinski definition) is 8. The standard InChI is InChI=1S/C34H32N2O6/c1-39-29-11-3-25(4-12-29)33(23-35,27-7-15-31(16-8-27)41-21-19-37)34(24-36,26-5-13-30(40-2)14-6-26)28-9-17-32(18-10-28)42-22-20-38/h3-18,37-38H,19-22H2,1-2H3. The van der Waals surface area contributed by atoms with E-state index in [4.69, 9.17) is 18.9 Å². The molecule has 8 nitrogen and oxygen atoms in total. The van der Waals surface area contributed by atoms with Crippen LogP contribution >= 0.6 is 0 Å². The van der Waals surface area contributed by atoms with E-state index in [0.29, 0.717) is 45.3 Å². The Morgan fingerprint density at radius 2 is 0.762 bits per heavy atom.